The van der Waals surface area contributed by atoms with Gasteiger partial charge >= 0.3 is 11.9 Å². The van der Waals surface area contributed by atoms with Crippen LogP contribution in [0.4, 0.5) is 0 Å². The van der Waals surface area contributed by atoms with E-state index < -0.39 is 11.9 Å². The first-order valence-electron chi connectivity index (χ1n) is 6.63. The lowest BCUT2D eigenvalue weighted by molar-refractivity contribution is 0.0591. The number of ether oxygens (including phenoxy) is 2. The van der Waals surface area contributed by atoms with Gasteiger partial charge in [0.15, 0.2) is 0 Å². The predicted molar refractivity (Wildman–Crippen MR) is 85.1 cm³/mol. The maximum absolute atomic E-state index is 11.9. The molecule has 2 aromatic rings. The number of methoxy groups -OCH3 is 2. The molecule has 0 radical (unpaired) electrons. The summed E-state index contributed by atoms with van der Waals surface area (Å²) in [5, 5.41) is 0. The molecule has 2 rings (SSSR count). The second kappa shape index (κ2) is 7.66. The maximum Gasteiger partial charge on any atom is 0.339 e. The van der Waals surface area contributed by atoms with Crippen molar-refractivity contribution in [3.05, 3.63) is 65.2 Å². The van der Waals surface area contributed by atoms with E-state index in [2.05, 4.69) is 0 Å². The van der Waals surface area contributed by atoms with Crippen LogP contribution in [-0.4, -0.2) is 26.2 Å². The van der Waals surface area contributed by atoms with E-state index in [1.807, 2.05) is 30.3 Å². The summed E-state index contributed by atoms with van der Waals surface area (Å²) < 4.78 is 9.59. The maximum atomic E-state index is 11.9. The Hall–Kier alpha value is -2.27. The predicted octanol–water partition coefficient (Wildman–Crippen LogP) is 3.55. The molecule has 0 saturated carbocycles. The highest BCUT2D eigenvalue weighted by molar-refractivity contribution is 7.98. The van der Waals surface area contributed by atoms with Crippen LogP contribution >= 0.6 is 11.8 Å². The Balaban J connectivity index is 2.36. The fourth-order valence-corrected chi connectivity index (χ4v) is 3.08. The molecule has 0 atom stereocenters. The van der Waals surface area contributed by atoms with E-state index in [4.69, 9.17) is 9.47 Å². The van der Waals surface area contributed by atoms with Gasteiger partial charge in [-0.05, 0) is 17.7 Å². The summed E-state index contributed by atoms with van der Waals surface area (Å²) in [5.74, 6) is -0.304. The fourth-order valence-electron chi connectivity index (χ4n) is 1.96. The molecule has 0 aliphatic rings. The van der Waals surface area contributed by atoms with Gasteiger partial charge < -0.3 is 9.47 Å². The summed E-state index contributed by atoms with van der Waals surface area (Å²) in [4.78, 5) is 24.4. The summed E-state index contributed by atoms with van der Waals surface area (Å²) in [6.45, 7) is 0. The fraction of sp³-hybridized carbons (Fsp3) is 0.176. The van der Waals surface area contributed by atoms with Crippen LogP contribution in [-0.2, 0) is 15.2 Å². The number of hydrogen-bond acceptors (Lipinski definition) is 5. The molecule has 0 saturated heterocycles. The minimum absolute atomic E-state index is 0.367. The molecule has 0 unspecified atom stereocenters. The number of thioether (sulfide) groups is 1. The molecule has 0 aliphatic carbocycles. The summed E-state index contributed by atoms with van der Waals surface area (Å²) >= 11 is 1.41. The molecule has 0 spiro atoms. The van der Waals surface area contributed by atoms with Gasteiger partial charge in [-0.2, -0.15) is 0 Å². The third-order valence-electron chi connectivity index (χ3n) is 3.05. The molecule has 0 bridgehead atoms. The molecule has 0 fully saturated rings. The Morgan fingerprint density at radius 1 is 0.864 bits per heavy atom. The molecule has 0 aliphatic heterocycles. The molecule has 0 heterocycles. The Kier molecular flexibility index (Phi) is 5.61. The average Bonchev–Trinajstić information content (AvgIpc) is 2.59. The standard InChI is InChI=1S/C17H16O4S/c1-20-16(18)13-9-6-10-14(17(19)21-2)15(13)22-11-12-7-4-3-5-8-12/h3-10H,11H2,1-2H3. The van der Waals surface area contributed by atoms with Gasteiger partial charge in [-0.1, -0.05) is 36.4 Å². The highest BCUT2D eigenvalue weighted by Gasteiger charge is 2.20. The molecule has 4 nitrogen and oxygen atoms in total. The van der Waals surface area contributed by atoms with Crippen molar-refractivity contribution in [2.24, 2.45) is 0 Å². The molecule has 0 amide bonds. The van der Waals surface area contributed by atoms with Crippen LogP contribution in [0.5, 0.6) is 0 Å². The van der Waals surface area contributed by atoms with Gasteiger partial charge in [0.1, 0.15) is 0 Å². The smallest absolute Gasteiger partial charge is 0.339 e. The molecule has 5 heteroatoms. The second-order valence-corrected chi connectivity index (χ2v) is 5.43. The largest absolute Gasteiger partial charge is 0.465 e. The van der Waals surface area contributed by atoms with Crippen LogP contribution in [0.15, 0.2) is 53.4 Å². The second-order valence-electron chi connectivity index (χ2n) is 4.44. The first-order chi connectivity index (χ1) is 10.7. The molecular formula is C17H16O4S. The lowest BCUT2D eigenvalue weighted by Crippen LogP contribution is -2.09. The van der Waals surface area contributed by atoms with Crippen molar-refractivity contribution < 1.29 is 19.1 Å². The summed E-state index contributed by atoms with van der Waals surface area (Å²) in [6, 6.07) is 14.8. The highest BCUT2D eigenvalue weighted by atomic mass is 32.2. The zero-order valence-corrected chi connectivity index (χ0v) is 13.2. The van der Waals surface area contributed by atoms with Gasteiger partial charge in [0.25, 0.3) is 0 Å². The van der Waals surface area contributed by atoms with Crippen molar-refractivity contribution in [2.45, 2.75) is 10.6 Å². The first kappa shape index (κ1) is 16.1. The number of carbonyl (C=O) groups is 2. The van der Waals surface area contributed by atoms with Crippen molar-refractivity contribution in [2.75, 3.05) is 14.2 Å². The van der Waals surface area contributed by atoms with Crippen molar-refractivity contribution in [1.82, 2.24) is 0 Å². The van der Waals surface area contributed by atoms with Gasteiger partial charge in [0.2, 0.25) is 0 Å². The molecule has 0 N–H and O–H groups in total. The number of benzene rings is 2. The SMILES string of the molecule is COC(=O)c1cccc(C(=O)OC)c1SCc1ccccc1. The van der Waals surface area contributed by atoms with Gasteiger partial charge in [0.05, 0.1) is 25.3 Å². The van der Waals surface area contributed by atoms with Gasteiger partial charge in [-0.25, -0.2) is 9.59 Å². The third kappa shape index (κ3) is 3.68. The molecule has 114 valence electrons. The minimum atomic E-state index is -0.471. The van der Waals surface area contributed by atoms with Crippen LogP contribution in [0.25, 0.3) is 0 Å². The summed E-state index contributed by atoms with van der Waals surface area (Å²) in [7, 11) is 2.64. The molecule has 22 heavy (non-hydrogen) atoms. The minimum Gasteiger partial charge on any atom is -0.465 e. The number of esters is 2. The number of carbonyl (C=O) groups excluding carboxylic acids is 2. The van der Waals surface area contributed by atoms with Gasteiger partial charge in [-0.15, -0.1) is 11.8 Å². The Labute approximate surface area is 133 Å². The summed E-state index contributed by atoms with van der Waals surface area (Å²) in [6.07, 6.45) is 0. The lowest BCUT2D eigenvalue weighted by Gasteiger charge is -2.12. The average molecular weight is 316 g/mol. The lowest BCUT2D eigenvalue weighted by atomic mass is 10.1. The number of rotatable bonds is 5. The van der Waals surface area contributed by atoms with E-state index in [0.717, 1.165) is 5.56 Å². The van der Waals surface area contributed by atoms with E-state index in [0.29, 0.717) is 21.8 Å². The van der Waals surface area contributed by atoms with Gasteiger partial charge in [0, 0.05) is 10.6 Å². The monoisotopic (exact) mass is 316 g/mol. The van der Waals surface area contributed by atoms with Crippen molar-refractivity contribution in [3.63, 3.8) is 0 Å². The van der Waals surface area contributed by atoms with Gasteiger partial charge in [-0.3, -0.25) is 0 Å². The van der Waals surface area contributed by atoms with Crippen LogP contribution in [0.3, 0.4) is 0 Å². The first-order valence-corrected chi connectivity index (χ1v) is 7.62. The van der Waals surface area contributed by atoms with Crippen LogP contribution in [0.1, 0.15) is 26.3 Å². The summed E-state index contributed by atoms with van der Waals surface area (Å²) in [5.41, 5.74) is 1.83. The van der Waals surface area contributed by atoms with E-state index >= 15 is 0 Å². The molecule has 0 aromatic heterocycles. The topological polar surface area (TPSA) is 52.6 Å². The van der Waals surface area contributed by atoms with E-state index in [1.54, 1.807) is 18.2 Å². The van der Waals surface area contributed by atoms with E-state index in [-0.39, 0.29) is 0 Å². The van der Waals surface area contributed by atoms with Crippen molar-refractivity contribution in [1.29, 1.82) is 0 Å². The van der Waals surface area contributed by atoms with E-state index in [1.165, 1.54) is 26.0 Å². The Morgan fingerprint density at radius 2 is 1.41 bits per heavy atom. The molecule has 2 aromatic carbocycles. The number of hydrogen-bond donors (Lipinski definition) is 0. The normalized spacial score (nSPS) is 10.1. The Morgan fingerprint density at radius 3 is 1.91 bits per heavy atom. The van der Waals surface area contributed by atoms with Crippen LogP contribution in [0.2, 0.25) is 0 Å². The van der Waals surface area contributed by atoms with E-state index in [9.17, 15) is 9.59 Å². The zero-order chi connectivity index (χ0) is 15.9. The van der Waals surface area contributed by atoms with Crippen LogP contribution in [0, 0.1) is 0 Å². The van der Waals surface area contributed by atoms with Crippen molar-refractivity contribution >= 4 is 23.7 Å². The van der Waals surface area contributed by atoms with Crippen molar-refractivity contribution in [3.8, 4) is 0 Å². The third-order valence-corrected chi connectivity index (χ3v) is 4.26. The van der Waals surface area contributed by atoms with Crippen LogP contribution < -0.4 is 0 Å². The Bertz CT molecular complexity index is 633. The molecular weight excluding hydrogens is 300 g/mol. The quantitative estimate of drug-likeness (QED) is 0.623. The highest BCUT2D eigenvalue weighted by Crippen LogP contribution is 2.31. The zero-order valence-electron chi connectivity index (χ0n) is 12.4.